The van der Waals surface area contributed by atoms with E-state index in [-0.39, 0.29) is 5.69 Å². The van der Waals surface area contributed by atoms with Crippen molar-refractivity contribution in [2.45, 2.75) is 6.92 Å². The molecule has 0 atom stereocenters. The molecule has 3 nitrogen and oxygen atoms in total. The molecule has 1 heterocycles. The number of carbonyl (C=O) groups is 1. The zero-order valence-corrected chi connectivity index (χ0v) is 7.99. The normalized spacial score (nSPS) is 10.5. The van der Waals surface area contributed by atoms with Gasteiger partial charge in [0, 0.05) is 11.5 Å². The van der Waals surface area contributed by atoms with E-state index in [1.807, 2.05) is 0 Å². The molecule has 4 heteroatoms. The fourth-order valence-corrected chi connectivity index (χ4v) is 1.49. The van der Waals surface area contributed by atoms with Crippen LogP contribution in [0.15, 0.2) is 24.3 Å². The Morgan fingerprint density at radius 3 is 2.80 bits per heavy atom. The quantitative estimate of drug-likeness (QED) is 0.777. The minimum atomic E-state index is -1.11. The largest absolute Gasteiger partial charge is 0.477 e. The van der Waals surface area contributed by atoms with Crippen molar-refractivity contribution in [3.05, 3.63) is 41.3 Å². The molecule has 0 aliphatic heterocycles. The van der Waals surface area contributed by atoms with Crippen molar-refractivity contribution in [2.75, 3.05) is 0 Å². The van der Waals surface area contributed by atoms with Gasteiger partial charge in [0.1, 0.15) is 11.5 Å². The van der Waals surface area contributed by atoms with Crippen LogP contribution >= 0.6 is 0 Å². The highest BCUT2D eigenvalue weighted by Crippen LogP contribution is 2.18. The molecule has 1 aromatic carbocycles. The van der Waals surface area contributed by atoms with Gasteiger partial charge in [-0.2, -0.15) is 0 Å². The van der Waals surface area contributed by atoms with Gasteiger partial charge in [-0.05, 0) is 30.7 Å². The smallest absolute Gasteiger partial charge is 0.354 e. The van der Waals surface area contributed by atoms with Crippen LogP contribution in [0.25, 0.3) is 10.9 Å². The van der Waals surface area contributed by atoms with Crippen LogP contribution in [-0.2, 0) is 0 Å². The van der Waals surface area contributed by atoms with Crippen molar-refractivity contribution in [3.8, 4) is 0 Å². The Balaban J connectivity index is 2.79. The van der Waals surface area contributed by atoms with E-state index in [1.165, 1.54) is 18.2 Å². The maximum atomic E-state index is 12.9. The second-order valence-corrected chi connectivity index (χ2v) is 3.29. The van der Waals surface area contributed by atoms with Crippen molar-refractivity contribution in [1.82, 2.24) is 4.98 Å². The number of pyridine rings is 1. The molecule has 0 fully saturated rings. The number of benzene rings is 1. The van der Waals surface area contributed by atoms with Crippen molar-refractivity contribution in [3.63, 3.8) is 0 Å². The third kappa shape index (κ3) is 1.66. The van der Waals surface area contributed by atoms with E-state index in [0.29, 0.717) is 5.52 Å². The molecular weight excluding hydrogens is 197 g/mol. The van der Waals surface area contributed by atoms with E-state index in [0.717, 1.165) is 10.9 Å². The molecule has 0 aliphatic carbocycles. The highest BCUT2D eigenvalue weighted by atomic mass is 19.1. The lowest BCUT2D eigenvalue weighted by Crippen LogP contribution is -2.01. The topological polar surface area (TPSA) is 50.2 Å². The Bertz CT molecular complexity index is 552. The summed E-state index contributed by atoms with van der Waals surface area (Å²) < 4.78 is 12.9. The summed E-state index contributed by atoms with van der Waals surface area (Å²) in [4.78, 5) is 14.6. The predicted octanol–water partition coefficient (Wildman–Crippen LogP) is 2.38. The average Bonchev–Trinajstić information content (AvgIpc) is 2.16. The van der Waals surface area contributed by atoms with Crippen molar-refractivity contribution >= 4 is 16.9 Å². The maximum Gasteiger partial charge on any atom is 0.354 e. The molecule has 0 bridgehead atoms. The van der Waals surface area contributed by atoms with Crippen molar-refractivity contribution < 1.29 is 14.3 Å². The number of halogens is 1. The highest BCUT2D eigenvalue weighted by molar-refractivity contribution is 5.91. The first kappa shape index (κ1) is 9.58. The number of aromatic nitrogens is 1. The van der Waals surface area contributed by atoms with Crippen molar-refractivity contribution in [2.24, 2.45) is 0 Å². The highest BCUT2D eigenvalue weighted by Gasteiger charge is 2.08. The monoisotopic (exact) mass is 205 g/mol. The van der Waals surface area contributed by atoms with E-state index in [9.17, 15) is 9.18 Å². The molecule has 0 saturated heterocycles. The summed E-state index contributed by atoms with van der Waals surface area (Å²) in [6.45, 7) is 1.77. The van der Waals surface area contributed by atoms with Gasteiger partial charge in [-0.3, -0.25) is 0 Å². The SMILES string of the molecule is Cc1cc(C(=O)O)nc2cc(F)ccc12. The summed E-state index contributed by atoms with van der Waals surface area (Å²) in [5, 5.41) is 9.55. The average molecular weight is 205 g/mol. The van der Waals surface area contributed by atoms with Crippen LogP contribution in [0, 0.1) is 12.7 Å². The minimum Gasteiger partial charge on any atom is -0.477 e. The molecule has 1 N–H and O–H groups in total. The lowest BCUT2D eigenvalue weighted by atomic mass is 10.1. The van der Waals surface area contributed by atoms with E-state index >= 15 is 0 Å². The van der Waals surface area contributed by atoms with Crippen LogP contribution in [0.2, 0.25) is 0 Å². The summed E-state index contributed by atoms with van der Waals surface area (Å²) in [6, 6.07) is 5.63. The fraction of sp³-hybridized carbons (Fsp3) is 0.0909. The number of nitrogens with zero attached hydrogens (tertiary/aromatic N) is 1. The van der Waals surface area contributed by atoms with Gasteiger partial charge in [0.25, 0.3) is 0 Å². The first-order valence-electron chi connectivity index (χ1n) is 4.38. The first-order valence-corrected chi connectivity index (χ1v) is 4.38. The van der Waals surface area contributed by atoms with Gasteiger partial charge in [0.2, 0.25) is 0 Å². The summed E-state index contributed by atoms with van der Waals surface area (Å²) in [7, 11) is 0. The van der Waals surface area contributed by atoms with Gasteiger partial charge < -0.3 is 5.11 Å². The molecule has 15 heavy (non-hydrogen) atoms. The number of aryl methyl sites for hydroxylation is 1. The van der Waals surface area contributed by atoms with Crippen LogP contribution < -0.4 is 0 Å². The number of carboxylic acids is 1. The lowest BCUT2D eigenvalue weighted by molar-refractivity contribution is 0.0691. The number of carboxylic acid groups (broad SMARTS) is 1. The summed E-state index contributed by atoms with van der Waals surface area (Å²) in [5.41, 5.74) is 1.08. The van der Waals surface area contributed by atoms with Gasteiger partial charge in [-0.25, -0.2) is 14.2 Å². The molecule has 0 aliphatic rings. The third-order valence-corrected chi connectivity index (χ3v) is 2.20. The van der Waals surface area contributed by atoms with E-state index in [1.54, 1.807) is 13.0 Å². The van der Waals surface area contributed by atoms with Gasteiger partial charge in [-0.15, -0.1) is 0 Å². The van der Waals surface area contributed by atoms with Crippen LogP contribution in [-0.4, -0.2) is 16.1 Å². The number of rotatable bonds is 1. The molecule has 0 spiro atoms. The predicted molar refractivity (Wildman–Crippen MR) is 53.4 cm³/mol. The molecular formula is C11H8FNO2. The molecule has 0 unspecified atom stereocenters. The Morgan fingerprint density at radius 1 is 1.40 bits per heavy atom. The lowest BCUT2D eigenvalue weighted by Gasteiger charge is -2.03. The summed E-state index contributed by atoms with van der Waals surface area (Å²) >= 11 is 0. The van der Waals surface area contributed by atoms with E-state index in [4.69, 9.17) is 5.11 Å². The molecule has 2 rings (SSSR count). The van der Waals surface area contributed by atoms with Gasteiger partial charge in [-0.1, -0.05) is 0 Å². The second kappa shape index (κ2) is 3.31. The Hall–Kier alpha value is -1.97. The molecule has 1 aromatic heterocycles. The first-order chi connectivity index (χ1) is 7.08. The zero-order chi connectivity index (χ0) is 11.0. The number of aromatic carboxylic acids is 1. The summed E-state index contributed by atoms with van der Waals surface area (Å²) in [6.07, 6.45) is 0. The van der Waals surface area contributed by atoms with E-state index < -0.39 is 11.8 Å². The van der Waals surface area contributed by atoms with Gasteiger partial charge in [0.05, 0.1) is 5.52 Å². The molecule has 2 aromatic rings. The van der Waals surface area contributed by atoms with Crippen LogP contribution in [0.5, 0.6) is 0 Å². The minimum absolute atomic E-state index is 0.0643. The third-order valence-electron chi connectivity index (χ3n) is 2.20. The molecule has 0 amide bonds. The maximum absolute atomic E-state index is 12.9. The molecule has 0 saturated carbocycles. The fourth-order valence-electron chi connectivity index (χ4n) is 1.49. The Labute approximate surface area is 85.2 Å². The number of hydrogen-bond acceptors (Lipinski definition) is 2. The van der Waals surface area contributed by atoms with Crippen LogP contribution in [0.3, 0.4) is 0 Å². The van der Waals surface area contributed by atoms with Gasteiger partial charge >= 0.3 is 5.97 Å². The Kier molecular flexibility index (Phi) is 2.11. The zero-order valence-electron chi connectivity index (χ0n) is 7.99. The summed E-state index contributed by atoms with van der Waals surface area (Å²) in [5.74, 6) is -1.53. The Morgan fingerprint density at radius 2 is 2.13 bits per heavy atom. The standard InChI is InChI=1S/C11H8FNO2/c1-6-4-10(11(14)15)13-9-5-7(12)2-3-8(6)9/h2-5H,1H3,(H,14,15). The van der Waals surface area contributed by atoms with Crippen molar-refractivity contribution in [1.29, 1.82) is 0 Å². The number of hydrogen-bond donors (Lipinski definition) is 1. The molecule has 76 valence electrons. The van der Waals surface area contributed by atoms with Crippen LogP contribution in [0.4, 0.5) is 4.39 Å². The second-order valence-electron chi connectivity index (χ2n) is 3.29. The number of fused-ring (bicyclic) bond motifs is 1. The van der Waals surface area contributed by atoms with Gasteiger partial charge in [0.15, 0.2) is 0 Å². The molecule has 0 radical (unpaired) electrons. The van der Waals surface area contributed by atoms with E-state index in [2.05, 4.69) is 4.98 Å². The van der Waals surface area contributed by atoms with Crippen LogP contribution in [0.1, 0.15) is 16.1 Å².